The average molecular weight is 515 g/mol. The normalized spacial score (nSPS) is 22.4. The minimum absolute atomic E-state index is 0.0536. The van der Waals surface area contributed by atoms with Gasteiger partial charge in [-0.1, -0.05) is 53.7 Å². The van der Waals surface area contributed by atoms with Gasteiger partial charge in [-0.15, -0.1) is 0 Å². The van der Waals surface area contributed by atoms with Gasteiger partial charge in [0.2, 0.25) is 10.0 Å². The number of benzene rings is 2. The fourth-order valence-electron chi connectivity index (χ4n) is 5.13. The number of oxime groups is 1. The van der Waals surface area contributed by atoms with Gasteiger partial charge in [0, 0.05) is 25.2 Å². The van der Waals surface area contributed by atoms with Gasteiger partial charge in [0.1, 0.15) is 0 Å². The average Bonchev–Trinajstić information content (AvgIpc) is 2.86. The second kappa shape index (κ2) is 11.3. The topological polar surface area (TPSA) is 140 Å². The molecule has 2 aliphatic rings. The molecule has 0 aromatic heterocycles. The summed E-state index contributed by atoms with van der Waals surface area (Å²) in [5.41, 5.74) is 8.30. The van der Waals surface area contributed by atoms with E-state index in [4.69, 9.17) is 10.9 Å². The Bertz CT molecular complexity index is 1180. The largest absolute Gasteiger partial charge is 0.409 e. The maximum Gasteiger partial charge on any atom is 0.318 e. The fourth-order valence-corrected chi connectivity index (χ4v) is 5.89. The van der Waals surface area contributed by atoms with E-state index in [0.717, 1.165) is 44.3 Å². The van der Waals surface area contributed by atoms with Gasteiger partial charge in [0.25, 0.3) is 0 Å². The summed E-state index contributed by atoms with van der Waals surface area (Å²) < 4.78 is 27.0. The lowest BCUT2D eigenvalue weighted by molar-refractivity contribution is 0.101. The number of rotatable bonds is 8. The molecule has 0 radical (unpaired) electrons. The smallest absolute Gasteiger partial charge is 0.318 e. The van der Waals surface area contributed by atoms with Crippen LogP contribution >= 0.6 is 0 Å². The van der Waals surface area contributed by atoms with Gasteiger partial charge in [0.05, 0.1) is 18.3 Å². The van der Waals surface area contributed by atoms with Crippen LogP contribution in [0.15, 0.2) is 59.8 Å². The Morgan fingerprint density at radius 3 is 2.56 bits per heavy atom. The van der Waals surface area contributed by atoms with Crippen LogP contribution in [0, 0.1) is 5.92 Å². The standard InChI is InChI=1S/C25H34N6O4S/c1-36(34,35)29-22-15-27-25(32)31(23(22)20-8-5-9-21(14-20)24(26)28-33)17-19-10-12-30(13-11-19)16-18-6-3-2-4-7-18/h2-9,14,19,22-23,29,33H,10-13,15-17H2,1H3,(H2,26,28)(H,27,32). The van der Waals surface area contributed by atoms with Crippen LogP contribution in [0.3, 0.4) is 0 Å². The molecule has 2 heterocycles. The maximum atomic E-state index is 13.1. The monoisotopic (exact) mass is 514 g/mol. The predicted octanol–water partition coefficient (Wildman–Crippen LogP) is 1.68. The molecule has 2 saturated heterocycles. The van der Waals surface area contributed by atoms with Gasteiger partial charge in [0.15, 0.2) is 5.84 Å². The van der Waals surface area contributed by atoms with Crippen LogP contribution in [0.2, 0.25) is 0 Å². The van der Waals surface area contributed by atoms with Crippen molar-refractivity contribution in [1.82, 2.24) is 19.8 Å². The quantitative estimate of drug-likeness (QED) is 0.183. The van der Waals surface area contributed by atoms with E-state index in [1.165, 1.54) is 5.56 Å². The summed E-state index contributed by atoms with van der Waals surface area (Å²) in [6.45, 7) is 3.44. The number of hydrogen-bond donors (Lipinski definition) is 4. The Morgan fingerprint density at radius 2 is 1.89 bits per heavy atom. The first-order chi connectivity index (χ1) is 17.2. The highest BCUT2D eigenvalue weighted by atomic mass is 32.2. The molecular weight excluding hydrogens is 480 g/mol. The molecule has 0 bridgehead atoms. The summed E-state index contributed by atoms with van der Waals surface area (Å²) in [6, 6.07) is 16.1. The van der Waals surface area contributed by atoms with E-state index in [1.54, 1.807) is 23.1 Å². The fraction of sp³-hybridized carbons (Fsp3) is 0.440. The molecule has 194 valence electrons. The van der Waals surface area contributed by atoms with Crippen molar-refractivity contribution in [2.24, 2.45) is 16.8 Å². The number of likely N-dealkylation sites (tertiary alicyclic amines) is 1. The first-order valence-corrected chi connectivity index (χ1v) is 14.0. The lowest BCUT2D eigenvalue weighted by Gasteiger charge is -2.44. The Morgan fingerprint density at radius 1 is 1.17 bits per heavy atom. The van der Waals surface area contributed by atoms with E-state index in [0.29, 0.717) is 12.1 Å². The molecule has 5 N–H and O–H groups in total. The van der Waals surface area contributed by atoms with Crippen molar-refractivity contribution in [1.29, 1.82) is 0 Å². The third kappa shape index (κ3) is 6.54. The molecule has 10 nitrogen and oxygen atoms in total. The summed E-state index contributed by atoms with van der Waals surface area (Å²) in [6.07, 6.45) is 3.00. The number of sulfonamides is 1. The second-order valence-corrected chi connectivity index (χ2v) is 11.4. The van der Waals surface area contributed by atoms with Gasteiger partial charge in [-0.05, 0) is 49.0 Å². The number of amidine groups is 1. The predicted molar refractivity (Wildman–Crippen MR) is 138 cm³/mol. The summed E-state index contributed by atoms with van der Waals surface area (Å²) >= 11 is 0. The molecular formula is C25H34N6O4S. The Hall–Kier alpha value is -3.15. The number of amides is 2. The van der Waals surface area contributed by atoms with Crippen molar-refractivity contribution in [2.75, 3.05) is 32.4 Å². The zero-order chi connectivity index (χ0) is 25.7. The SMILES string of the molecule is CS(=O)(=O)NC1CNC(=O)N(CC2CCN(Cc3ccccc3)CC2)C1c1cccc(C(N)=NO)c1. The van der Waals surface area contributed by atoms with Gasteiger partial charge < -0.3 is 21.2 Å². The number of nitrogens with two attached hydrogens (primary N) is 1. The molecule has 2 unspecified atom stereocenters. The number of piperidine rings is 1. The van der Waals surface area contributed by atoms with Crippen molar-refractivity contribution < 1.29 is 18.4 Å². The third-order valence-electron chi connectivity index (χ3n) is 6.86. The van der Waals surface area contributed by atoms with Crippen LogP contribution < -0.4 is 15.8 Å². The third-order valence-corrected chi connectivity index (χ3v) is 7.59. The highest BCUT2D eigenvalue weighted by Gasteiger charge is 2.39. The molecule has 2 aromatic carbocycles. The van der Waals surface area contributed by atoms with Crippen molar-refractivity contribution in [2.45, 2.75) is 31.5 Å². The summed E-state index contributed by atoms with van der Waals surface area (Å²) in [5, 5.41) is 15.0. The number of hydrogen-bond acceptors (Lipinski definition) is 6. The first kappa shape index (κ1) is 25.9. The Labute approximate surface area is 212 Å². The van der Waals surface area contributed by atoms with Crippen LogP contribution in [0.1, 0.15) is 35.6 Å². The minimum atomic E-state index is -3.53. The van der Waals surface area contributed by atoms with Crippen LogP contribution in [-0.2, 0) is 16.6 Å². The molecule has 4 rings (SSSR count). The molecule has 2 aromatic rings. The van der Waals surface area contributed by atoms with E-state index in [-0.39, 0.29) is 24.3 Å². The minimum Gasteiger partial charge on any atom is -0.409 e. The van der Waals surface area contributed by atoms with Crippen molar-refractivity contribution in [3.05, 3.63) is 71.3 Å². The van der Waals surface area contributed by atoms with E-state index in [2.05, 4.69) is 32.2 Å². The highest BCUT2D eigenvalue weighted by molar-refractivity contribution is 7.88. The van der Waals surface area contributed by atoms with Gasteiger partial charge in [-0.2, -0.15) is 0 Å². The number of carbonyl (C=O) groups excluding carboxylic acids is 1. The highest BCUT2D eigenvalue weighted by Crippen LogP contribution is 2.31. The Kier molecular flexibility index (Phi) is 8.12. The molecule has 11 heteroatoms. The molecule has 0 aliphatic carbocycles. The molecule has 2 atom stereocenters. The van der Waals surface area contributed by atoms with E-state index in [1.807, 2.05) is 24.3 Å². The lowest BCUT2D eigenvalue weighted by atomic mass is 9.91. The Balaban J connectivity index is 1.53. The van der Waals surface area contributed by atoms with E-state index < -0.39 is 22.1 Å². The zero-order valence-electron chi connectivity index (χ0n) is 20.4. The van der Waals surface area contributed by atoms with Gasteiger partial charge in [-0.25, -0.2) is 17.9 Å². The molecule has 0 saturated carbocycles. The summed E-state index contributed by atoms with van der Waals surface area (Å²) in [4.78, 5) is 17.2. The van der Waals surface area contributed by atoms with Crippen molar-refractivity contribution in [3.8, 4) is 0 Å². The number of carbonyl (C=O) groups is 1. The number of urea groups is 1. The van der Waals surface area contributed by atoms with Crippen molar-refractivity contribution in [3.63, 3.8) is 0 Å². The van der Waals surface area contributed by atoms with E-state index in [9.17, 15) is 13.2 Å². The first-order valence-electron chi connectivity index (χ1n) is 12.1. The molecule has 2 aliphatic heterocycles. The van der Waals surface area contributed by atoms with Crippen molar-refractivity contribution >= 4 is 21.9 Å². The van der Waals surface area contributed by atoms with Crippen LogP contribution in [0.25, 0.3) is 0 Å². The van der Waals surface area contributed by atoms with Crippen LogP contribution in [-0.4, -0.2) is 73.8 Å². The van der Waals surface area contributed by atoms with Crippen LogP contribution in [0.4, 0.5) is 4.79 Å². The van der Waals surface area contributed by atoms with E-state index >= 15 is 0 Å². The number of nitrogens with one attached hydrogen (secondary N) is 2. The zero-order valence-corrected chi connectivity index (χ0v) is 21.2. The maximum absolute atomic E-state index is 13.1. The lowest BCUT2D eigenvalue weighted by Crippen LogP contribution is -2.61. The van der Waals surface area contributed by atoms with Crippen LogP contribution in [0.5, 0.6) is 0 Å². The molecule has 0 spiro atoms. The molecule has 2 amide bonds. The summed E-state index contributed by atoms with van der Waals surface area (Å²) in [5.74, 6) is 0.233. The second-order valence-electron chi connectivity index (χ2n) is 9.60. The summed E-state index contributed by atoms with van der Waals surface area (Å²) in [7, 11) is -3.53. The number of nitrogens with zero attached hydrogens (tertiary/aromatic N) is 3. The van der Waals surface area contributed by atoms with Gasteiger partial charge >= 0.3 is 6.03 Å². The molecule has 36 heavy (non-hydrogen) atoms. The van der Waals surface area contributed by atoms with Gasteiger partial charge in [-0.3, -0.25) is 4.90 Å². The molecule has 2 fully saturated rings.